The van der Waals surface area contributed by atoms with E-state index >= 15 is 0 Å². The monoisotopic (exact) mass is 353 g/mol. The summed E-state index contributed by atoms with van der Waals surface area (Å²) in [5.41, 5.74) is 5.69. The lowest BCUT2D eigenvalue weighted by Crippen LogP contribution is -2.51. The summed E-state index contributed by atoms with van der Waals surface area (Å²) in [4.78, 5) is 35.4. The van der Waals surface area contributed by atoms with Crippen LogP contribution in [0.15, 0.2) is 24.3 Å². The van der Waals surface area contributed by atoms with Gasteiger partial charge < -0.3 is 20.3 Å². The molecule has 1 aromatic rings. The molecule has 3 N–H and O–H groups in total. The molecule has 2 saturated carbocycles. The molecule has 1 aromatic carbocycles. The van der Waals surface area contributed by atoms with E-state index in [4.69, 9.17) is 20.3 Å². The van der Waals surface area contributed by atoms with Gasteiger partial charge in [0.05, 0.1) is 11.5 Å². The van der Waals surface area contributed by atoms with Crippen molar-refractivity contribution < 1.29 is 29.0 Å². The Kier molecular flexibility index (Phi) is 3.80. The van der Waals surface area contributed by atoms with Gasteiger partial charge in [0.1, 0.15) is 5.54 Å². The Morgan fingerprint density at radius 2 is 2.04 bits per heavy atom. The van der Waals surface area contributed by atoms with Crippen LogP contribution in [0.25, 0.3) is 0 Å². The smallest absolute Gasteiger partial charge is 0.342 e. The minimum atomic E-state index is -1.32. The van der Waals surface area contributed by atoms with Crippen LogP contribution in [0.2, 0.25) is 0 Å². The molecule has 0 radical (unpaired) electrons. The predicted octanol–water partition coefficient (Wildman–Crippen LogP) is 1.26. The Bertz CT molecular complexity index is 737. The third kappa shape index (κ3) is 2.19. The number of halogens is 1. The molecule has 8 heteroatoms. The first-order valence-corrected chi connectivity index (χ1v) is 7.46. The molecule has 3 aliphatic rings. The van der Waals surface area contributed by atoms with Gasteiger partial charge in [0.15, 0.2) is 0 Å². The second-order valence-electron chi connectivity index (χ2n) is 6.36. The van der Waals surface area contributed by atoms with Gasteiger partial charge in [-0.15, -0.1) is 12.4 Å². The van der Waals surface area contributed by atoms with E-state index in [1.165, 1.54) is 0 Å². The van der Waals surface area contributed by atoms with Gasteiger partial charge in [-0.05, 0) is 24.8 Å². The molecule has 1 heterocycles. The van der Waals surface area contributed by atoms with Crippen LogP contribution < -0.4 is 5.73 Å². The van der Waals surface area contributed by atoms with Gasteiger partial charge in [-0.1, -0.05) is 18.2 Å². The minimum Gasteiger partial charge on any atom is -0.481 e. The Hall–Kier alpha value is -2.12. The van der Waals surface area contributed by atoms with Crippen LogP contribution in [0.4, 0.5) is 0 Å². The normalized spacial score (nSPS) is 35.3. The van der Waals surface area contributed by atoms with E-state index in [1.54, 1.807) is 24.3 Å². The van der Waals surface area contributed by atoms with E-state index in [9.17, 15) is 14.4 Å². The van der Waals surface area contributed by atoms with Crippen LogP contribution in [0.3, 0.4) is 0 Å². The van der Waals surface area contributed by atoms with Crippen LogP contribution in [0.1, 0.15) is 35.1 Å². The van der Waals surface area contributed by atoms with Crippen LogP contribution >= 0.6 is 12.4 Å². The molecule has 0 amide bonds. The fourth-order valence-electron chi connectivity index (χ4n) is 3.99. The Balaban J connectivity index is 0.00000169. The highest BCUT2D eigenvalue weighted by Gasteiger charge is 2.70. The summed E-state index contributed by atoms with van der Waals surface area (Å²) >= 11 is 0. The van der Waals surface area contributed by atoms with Crippen LogP contribution in [0, 0.1) is 17.8 Å². The molecule has 0 bridgehead atoms. The highest BCUT2D eigenvalue weighted by molar-refractivity contribution is 5.94. The molecule has 7 nitrogen and oxygen atoms in total. The number of carboxylic acid groups (broad SMARTS) is 1. The number of ether oxygens (including phenoxy) is 2. The van der Waals surface area contributed by atoms with Crippen molar-refractivity contribution in [1.29, 1.82) is 0 Å². The van der Waals surface area contributed by atoms with Crippen molar-refractivity contribution in [3.8, 4) is 0 Å². The standard InChI is InChI=1S/C16H15NO6.ClH/c17-16(6-5-9-10(11(9)16)12(18)19)15(21)23-14-8-4-2-1-3-7(8)13(20)22-14;/h1-4,9-11,14H,5-6,17H2,(H,18,19);1H/t9-,10-,11-,14?,16-;/m0./s1. The SMILES string of the molecule is Cl.N[C@@]1(C(=O)OC2OC(=O)c3ccccc32)CC[C@H]2[C@H](C(=O)O)[C@H]21. The number of fused-ring (bicyclic) bond motifs is 2. The first kappa shape index (κ1) is 16.7. The highest BCUT2D eigenvalue weighted by Crippen LogP contribution is 2.62. The first-order valence-electron chi connectivity index (χ1n) is 7.46. The van der Waals surface area contributed by atoms with Crippen molar-refractivity contribution in [1.82, 2.24) is 0 Å². The third-order valence-corrected chi connectivity index (χ3v) is 5.18. The number of rotatable bonds is 3. The lowest BCUT2D eigenvalue weighted by atomic mass is 9.91. The van der Waals surface area contributed by atoms with Gasteiger partial charge in [0.2, 0.25) is 0 Å². The third-order valence-electron chi connectivity index (χ3n) is 5.18. The molecule has 1 unspecified atom stereocenters. The number of carboxylic acids is 1. The van der Waals surface area contributed by atoms with Crippen molar-refractivity contribution in [3.63, 3.8) is 0 Å². The topological polar surface area (TPSA) is 116 Å². The van der Waals surface area contributed by atoms with Gasteiger partial charge in [-0.3, -0.25) is 4.79 Å². The molecule has 5 atom stereocenters. The van der Waals surface area contributed by atoms with E-state index in [0.717, 1.165) is 0 Å². The summed E-state index contributed by atoms with van der Waals surface area (Å²) in [5, 5.41) is 9.15. The number of cyclic esters (lactones) is 1. The lowest BCUT2D eigenvalue weighted by Gasteiger charge is -2.26. The molecule has 1 aliphatic heterocycles. The predicted molar refractivity (Wildman–Crippen MR) is 82.2 cm³/mol. The molecule has 4 rings (SSSR count). The maximum absolute atomic E-state index is 12.5. The van der Waals surface area contributed by atoms with Crippen LogP contribution in [-0.2, 0) is 19.1 Å². The number of hydrogen-bond acceptors (Lipinski definition) is 6. The Morgan fingerprint density at radius 3 is 2.71 bits per heavy atom. The largest absolute Gasteiger partial charge is 0.481 e. The summed E-state index contributed by atoms with van der Waals surface area (Å²) < 4.78 is 10.4. The zero-order valence-corrected chi connectivity index (χ0v) is 13.3. The maximum Gasteiger partial charge on any atom is 0.342 e. The van der Waals surface area contributed by atoms with Crippen LogP contribution in [0.5, 0.6) is 0 Å². The number of carbonyl (C=O) groups is 3. The quantitative estimate of drug-likeness (QED) is 0.786. The molecular weight excluding hydrogens is 338 g/mol. The zero-order chi connectivity index (χ0) is 16.4. The van der Waals surface area contributed by atoms with Gasteiger partial charge in [0.25, 0.3) is 6.29 Å². The molecule has 24 heavy (non-hydrogen) atoms. The van der Waals surface area contributed by atoms with Crippen molar-refractivity contribution in [2.75, 3.05) is 0 Å². The van der Waals surface area contributed by atoms with Gasteiger partial charge in [-0.2, -0.15) is 0 Å². The van der Waals surface area contributed by atoms with E-state index < -0.39 is 41.6 Å². The summed E-state index contributed by atoms with van der Waals surface area (Å²) in [6.07, 6.45) is -0.144. The second kappa shape index (κ2) is 5.46. The summed E-state index contributed by atoms with van der Waals surface area (Å²) in [6.45, 7) is 0. The molecular formula is C16H16ClNO6. The number of esters is 2. The summed E-state index contributed by atoms with van der Waals surface area (Å²) in [6, 6.07) is 6.65. The van der Waals surface area contributed by atoms with Gasteiger partial charge in [-0.25, -0.2) is 9.59 Å². The van der Waals surface area contributed by atoms with E-state index in [0.29, 0.717) is 24.0 Å². The number of carbonyl (C=O) groups excluding carboxylic acids is 2. The average Bonchev–Trinajstić information content (AvgIpc) is 3.07. The lowest BCUT2D eigenvalue weighted by molar-refractivity contribution is -0.175. The number of hydrogen-bond donors (Lipinski definition) is 2. The number of benzene rings is 1. The zero-order valence-electron chi connectivity index (χ0n) is 12.5. The molecule has 0 saturated heterocycles. The van der Waals surface area contributed by atoms with Crippen molar-refractivity contribution in [2.24, 2.45) is 23.5 Å². The second-order valence-corrected chi connectivity index (χ2v) is 6.36. The number of aliphatic carboxylic acids is 1. The highest BCUT2D eigenvalue weighted by atomic mass is 35.5. The molecule has 0 aromatic heterocycles. The van der Waals surface area contributed by atoms with Crippen molar-refractivity contribution >= 4 is 30.3 Å². The molecule has 128 valence electrons. The fraction of sp³-hybridized carbons (Fsp3) is 0.438. The summed E-state index contributed by atoms with van der Waals surface area (Å²) in [7, 11) is 0. The summed E-state index contributed by atoms with van der Waals surface area (Å²) in [5.74, 6) is -3.24. The van der Waals surface area contributed by atoms with Crippen LogP contribution in [-0.4, -0.2) is 28.6 Å². The van der Waals surface area contributed by atoms with Gasteiger partial charge in [0, 0.05) is 11.5 Å². The van der Waals surface area contributed by atoms with E-state index in [-0.39, 0.29) is 18.3 Å². The van der Waals surface area contributed by atoms with E-state index in [2.05, 4.69) is 0 Å². The Morgan fingerprint density at radius 1 is 1.33 bits per heavy atom. The average molecular weight is 354 g/mol. The number of nitrogens with two attached hydrogens (primary N) is 1. The first-order chi connectivity index (χ1) is 10.9. The van der Waals surface area contributed by atoms with Crippen molar-refractivity contribution in [3.05, 3.63) is 35.4 Å². The Labute approximate surface area is 143 Å². The fourth-order valence-corrected chi connectivity index (χ4v) is 3.99. The van der Waals surface area contributed by atoms with Crippen molar-refractivity contribution in [2.45, 2.75) is 24.7 Å². The van der Waals surface area contributed by atoms with Gasteiger partial charge >= 0.3 is 17.9 Å². The molecule has 2 fully saturated rings. The molecule has 2 aliphatic carbocycles. The maximum atomic E-state index is 12.5. The van der Waals surface area contributed by atoms with E-state index in [1.807, 2.05) is 0 Å². The molecule has 0 spiro atoms. The minimum absolute atomic E-state index is 0.